The van der Waals surface area contributed by atoms with Crippen molar-refractivity contribution in [2.24, 2.45) is 0 Å². The lowest BCUT2D eigenvalue weighted by Gasteiger charge is -2.24. The van der Waals surface area contributed by atoms with Gasteiger partial charge in [-0.2, -0.15) is 0 Å². The number of nitrogens with one attached hydrogen (secondary N) is 2. The number of amides is 1. The summed E-state index contributed by atoms with van der Waals surface area (Å²) < 4.78 is 7.65. The van der Waals surface area contributed by atoms with E-state index in [1.807, 2.05) is 6.92 Å². The first-order chi connectivity index (χ1) is 17.3. The third kappa shape index (κ3) is 4.40. The number of rotatable bonds is 8. The average molecular weight is 495 g/mol. The van der Waals surface area contributed by atoms with Crippen LogP contribution in [0.1, 0.15) is 42.8 Å². The molecule has 0 spiro atoms. The Morgan fingerprint density at radius 2 is 1.81 bits per heavy atom. The van der Waals surface area contributed by atoms with Crippen molar-refractivity contribution in [1.29, 1.82) is 0 Å². The normalized spacial score (nSPS) is 11.2. The van der Waals surface area contributed by atoms with Gasteiger partial charge in [-0.15, -0.1) is 0 Å². The van der Waals surface area contributed by atoms with E-state index in [4.69, 9.17) is 10.2 Å². The third-order valence-electron chi connectivity index (χ3n) is 5.90. The topological polar surface area (TPSA) is 169 Å². The summed E-state index contributed by atoms with van der Waals surface area (Å²) in [5.74, 6) is -0.433. The number of furan rings is 1. The molecule has 12 nitrogen and oxygen atoms in total. The zero-order valence-electron chi connectivity index (χ0n) is 19.9. The van der Waals surface area contributed by atoms with E-state index in [1.165, 1.54) is 29.0 Å². The van der Waals surface area contributed by atoms with Crippen LogP contribution in [0.4, 0.5) is 11.5 Å². The molecule has 36 heavy (non-hydrogen) atoms. The Labute approximate surface area is 203 Å². The molecule has 3 heterocycles. The fourth-order valence-corrected chi connectivity index (χ4v) is 4.02. The molecule has 188 valence electrons. The molecule has 4 rings (SSSR count). The SMILES string of the molecule is CCCCn1c(N)c(N(Cc2ccco2)C(=O)c2ccc3c(=O)n(CC)c(=O)[nH]c3c2)c(=O)[nH]c1=O. The number of nitrogens with two attached hydrogens (primary N) is 1. The average Bonchev–Trinajstić information content (AvgIpc) is 3.36. The fraction of sp³-hybridized carbons (Fsp3) is 0.292. The van der Waals surface area contributed by atoms with Crippen molar-refractivity contribution in [3.8, 4) is 0 Å². The summed E-state index contributed by atoms with van der Waals surface area (Å²) >= 11 is 0. The molecule has 0 bridgehead atoms. The number of unbranched alkanes of at least 4 members (excludes halogenated alkanes) is 1. The lowest BCUT2D eigenvalue weighted by Crippen LogP contribution is -2.41. The number of fused-ring (bicyclic) bond motifs is 1. The zero-order chi connectivity index (χ0) is 26.0. The summed E-state index contributed by atoms with van der Waals surface area (Å²) in [7, 11) is 0. The first-order valence-corrected chi connectivity index (χ1v) is 11.5. The Kier molecular flexibility index (Phi) is 6.77. The van der Waals surface area contributed by atoms with Gasteiger partial charge in [0.1, 0.15) is 11.6 Å². The monoisotopic (exact) mass is 494 g/mol. The Hall–Kier alpha value is -4.61. The van der Waals surface area contributed by atoms with Crippen LogP contribution >= 0.6 is 0 Å². The maximum atomic E-state index is 13.7. The van der Waals surface area contributed by atoms with E-state index in [2.05, 4.69) is 9.97 Å². The number of benzene rings is 1. The van der Waals surface area contributed by atoms with E-state index in [1.54, 1.807) is 19.1 Å². The molecule has 12 heteroatoms. The molecular weight excluding hydrogens is 468 g/mol. The fourth-order valence-electron chi connectivity index (χ4n) is 4.02. The van der Waals surface area contributed by atoms with Crippen molar-refractivity contribution >= 4 is 28.3 Å². The lowest BCUT2D eigenvalue weighted by atomic mass is 10.1. The maximum Gasteiger partial charge on any atom is 0.330 e. The van der Waals surface area contributed by atoms with Gasteiger partial charge in [0.25, 0.3) is 17.0 Å². The van der Waals surface area contributed by atoms with Crippen LogP contribution in [0, 0.1) is 0 Å². The number of nitrogens with zero attached hydrogens (tertiary/aromatic N) is 3. The number of H-pyrrole nitrogens is 2. The van der Waals surface area contributed by atoms with Crippen molar-refractivity contribution in [2.45, 2.75) is 46.3 Å². The second kappa shape index (κ2) is 9.94. The minimum atomic E-state index is -0.829. The molecule has 0 atom stereocenters. The van der Waals surface area contributed by atoms with Crippen molar-refractivity contribution in [3.05, 3.63) is 89.6 Å². The van der Waals surface area contributed by atoms with Gasteiger partial charge in [-0.05, 0) is 43.7 Å². The molecule has 0 saturated heterocycles. The van der Waals surface area contributed by atoms with Gasteiger partial charge in [-0.1, -0.05) is 13.3 Å². The number of carbonyl (C=O) groups is 1. The largest absolute Gasteiger partial charge is 0.467 e. The van der Waals surface area contributed by atoms with Crippen LogP contribution in [-0.4, -0.2) is 25.0 Å². The van der Waals surface area contributed by atoms with E-state index in [-0.39, 0.29) is 47.6 Å². The Morgan fingerprint density at radius 3 is 2.47 bits per heavy atom. The summed E-state index contributed by atoms with van der Waals surface area (Å²) in [6.45, 7) is 3.91. The number of carbonyl (C=O) groups excluding carboxylic acids is 1. The van der Waals surface area contributed by atoms with Gasteiger partial charge >= 0.3 is 11.4 Å². The van der Waals surface area contributed by atoms with E-state index < -0.39 is 28.4 Å². The van der Waals surface area contributed by atoms with Crippen LogP contribution in [0.5, 0.6) is 0 Å². The van der Waals surface area contributed by atoms with E-state index in [0.717, 1.165) is 15.9 Å². The summed E-state index contributed by atoms with van der Waals surface area (Å²) in [4.78, 5) is 69.9. The molecular formula is C24H26N6O6. The van der Waals surface area contributed by atoms with E-state index in [9.17, 15) is 24.0 Å². The first-order valence-electron chi connectivity index (χ1n) is 11.5. The van der Waals surface area contributed by atoms with Crippen LogP contribution in [-0.2, 0) is 19.6 Å². The van der Waals surface area contributed by atoms with Gasteiger partial charge in [-0.3, -0.25) is 33.4 Å². The predicted octanol–water partition coefficient (Wildman–Crippen LogP) is 1.38. The van der Waals surface area contributed by atoms with Crippen LogP contribution in [0.3, 0.4) is 0 Å². The highest BCUT2D eigenvalue weighted by atomic mass is 16.3. The number of aromatic nitrogens is 4. The van der Waals surface area contributed by atoms with Gasteiger partial charge in [0, 0.05) is 18.7 Å². The second-order valence-corrected chi connectivity index (χ2v) is 8.21. The summed E-state index contributed by atoms with van der Waals surface area (Å²) in [6.07, 6.45) is 2.84. The molecule has 1 amide bonds. The Morgan fingerprint density at radius 1 is 1.06 bits per heavy atom. The molecule has 4 N–H and O–H groups in total. The maximum absolute atomic E-state index is 13.7. The van der Waals surface area contributed by atoms with Crippen molar-refractivity contribution in [1.82, 2.24) is 19.1 Å². The van der Waals surface area contributed by atoms with Crippen LogP contribution < -0.4 is 33.1 Å². The van der Waals surface area contributed by atoms with Crippen molar-refractivity contribution in [2.75, 3.05) is 10.6 Å². The summed E-state index contributed by atoms with van der Waals surface area (Å²) in [5, 5.41) is 0.232. The minimum absolute atomic E-state index is 0.0865. The van der Waals surface area contributed by atoms with Crippen LogP contribution in [0.15, 0.2) is 60.2 Å². The third-order valence-corrected chi connectivity index (χ3v) is 5.90. The molecule has 0 saturated carbocycles. The highest BCUT2D eigenvalue weighted by molar-refractivity contribution is 6.08. The smallest absolute Gasteiger partial charge is 0.330 e. The number of hydrogen-bond donors (Lipinski definition) is 3. The number of nitrogen functional groups attached to an aromatic ring is 1. The molecule has 3 aromatic heterocycles. The number of anilines is 2. The molecule has 0 fully saturated rings. The predicted molar refractivity (Wildman–Crippen MR) is 134 cm³/mol. The first kappa shape index (κ1) is 24.5. The van der Waals surface area contributed by atoms with Gasteiger partial charge in [0.15, 0.2) is 5.69 Å². The standard InChI is InChI=1S/C24H26N6O6/c1-3-5-10-29-19(25)18(20(31)27-24(29)35)30(13-15-7-6-11-36-15)21(32)14-8-9-16-17(12-14)26-23(34)28(4-2)22(16)33/h6-9,11-12H,3-5,10,13,25H2,1-2H3,(H,26,34)(H,27,31,35). The lowest BCUT2D eigenvalue weighted by molar-refractivity contribution is 0.0983. The van der Waals surface area contributed by atoms with E-state index >= 15 is 0 Å². The van der Waals surface area contributed by atoms with Crippen molar-refractivity contribution < 1.29 is 9.21 Å². The zero-order valence-corrected chi connectivity index (χ0v) is 19.9. The molecule has 0 aliphatic heterocycles. The molecule has 0 radical (unpaired) electrons. The van der Waals surface area contributed by atoms with Gasteiger partial charge < -0.3 is 15.1 Å². The van der Waals surface area contributed by atoms with Crippen LogP contribution in [0.2, 0.25) is 0 Å². The quantitative estimate of drug-likeness (QED) is 0.332. The molecule has 0 aliphatic rings. The van der Waals surface area contributed by atoms with Crippen LogP contribution in [0.25, 0.3) is 10.9 Å². The molecule has 4 aromatic rings. The summed E-state index contributed by atoms with van der Waals surface area (Å²) in [6, 6.07) is 7.49. The highest BCUT2D eigenvalue weighted by Gasteiger charge is 2.27. The van der Waals surface area contributed by atoms with E-state index in [0.29, 0.717) is 12.2 Å². The Balaban J connectivity index is 1.88. The Bertz CT molecular complexity index is 1660. The molecule has 0 aliphatic carbocycles. The number of hydrogen-bond acceptors (Lipinski definition) is 7. The number of aromatic amines is 2. The molecule has 1 aromatic carbocycles. The minimum Gasteiger partial charge on any atom is -0.467 e. The van der Waals surface area contributed by atoms with Gasteiger partial charge in [-0.25, -0.2) is 9.59 Å². The van der Waals surface area contributed by atoms with Crippen molar-refractivity contribution in [3.63, 3.8) is 0 Å². The molecule has 0 unspecified atom stereocenters. The highest BCUT2D eigenvalue weighted by Crippen LogP contribution is 2.23. The van der Waals surface area contributed by atoms with Gasteiger partial charge in [0.05, 0.1) is 23.7 Å². The summed E-state index contributed by atoms with van der Waals surface area (Å²) in [5.41, 5.74) is 3.73. The second-order valence-electron chi connectivity index (χ2n) is 8.21. The van der Waals surface area contributed by atoms with Gasteiger partial charge in [0.2, 0.25) is 0 Å².